The number of aromatic nitrogens is 2. The summed E-state index contributed by atoms with van der Waals surface area (Å²) in [6, 6.07) is 24.2. The number of amides is 1. The van der Waals surface area contributed by atoms with Gasteiger partial charge in [-0.05, 0) is 17.7 Å². The molecule has 0 aliphatic carbocycles. The molecule has 7 nitrogen and oxygen atoms in total. The van der Waals surface area contributed by atoms with Crippen LogP contribution in [0.2, 0.25) is 0 Å². The number of thioether (sulfide) groups is 1. The highest BCUT2D eigenvalue weighted by Gasteiger charge is 2.13. The van der Waals surface area contributed by atoms with Crippen LogP contribution in [0, 0.1) is 0 Å². The maximum absolute atomic E-state index is 12.3. The molecule has 0 radical (unpaired) electrons. The van der Waals surface area contributed by atoms with E-state index in [4.69, 9.17) is 0 Å². The van der Waals surface area contributed by atoms with Crippen LogP contribution in [0.5, 0.6) is 0 Å². The Kier molecular flexibility index (Phi) is 6.62. The highest BCUT2D eigenvalue weighted by atomic mass is 32.2. The predicted octanol–water partition coefficient (Wildman–Crippen LogP) is 2.69. The number of aromatic carboxylic acids is 1. The van der Waals surface area contributed by atoms with Gasteiger partial charge in [0.25, 0.3) is 5.91 Å². The second-order valence-electron chi connectivity index (χ2n) is 6.91. The van der Waals surface area contributed by atoms with Crippen LogP contribution >= 0.6 is 11.8 Å². The van der Waals surface area contributed by atoms with Gasteiger partial charge in [-0.1, -0.05) is 78.5 Å². The molecule has 1 heterocycles. The molecule has 0 saturated carbocycles. The van der Waals surface area contributed by atoms with Gasteiger partial charge in [0, 0.05) is 11.1 Å². The maximum atomic E-state index is 12.3. The lowest BCUT2D eigenvalue weighted by Crippen LogP contribution is -2.24. The third-order valence-corrected chi connectivity index (χ3v) is 5.69. The van der Waals surface area contributed by atoms with Crippen LogP contribution in [0.25, 0.3) is 11.0 Å². The first-order chi connectivity index (χ1) is 15.6. The normalized spacial score (nSPS) is 11.1. The van der Waals surface area contributed by atoms with Crippen molar-refractivity contribution in [3.05, 3.63) is 95.6 Å². The number of hydrazone groups is 1. The number of carbonyl (C=O) groups excluding carboxylic acids is 2. The summed E-state index contributed by atoms with van der Waals surface area (Å²) in [7, 11) is 0. The number of hydrogen-bond acceptors (Lipinski definition) is 6. The molecule has 160 valence electrons. The number of para-hydroxylation sites is 2. The fraction of sp³-hybridized carbons (Fsp3) is 0.0833. The Hall–Kier alpha value is -3.91. The zero-order valence-corrected chi connectivity index (χ0v) is 17.8. The molecule has 0 spiro atoms. The first kappa shape index (κ1) is 21.3. The number of benzene rings is 3. The van der Waals surface area contributed by atoms with E-state index in [-0.39, 0.29) is 17.2 Å². The maximum Gasteiger partial charge on any atom is 0.250 e. The molecule has 0 atom stereocenters. The standard InChI is InChI=1S/C24H20N4O3S/c29-22(27-25-14-18-10-4-5-11-19(18)23(30)31)16-32-24-26-20-12-6-7-13-21(20)28(24)15-17-8-2-1-3-9-17/h1-14H,15-16H2,(H,27,29)(H,30,31)/p-1. The number of carbonyl (C=O) groups is 2. The van der Waals surface area contributed by atoms with Gasteiger partial charge in [-0.2, -0.15) is 5.10 Å². The van der Waals surface area contributed by atoms with Crippen LogP contribution < -0.4 is 10.5 Å². The lowest BCUT2D eigenvalue weighted by molar-refractivity contribution is -0.255. The Morgan fingerprint density at radius 3 is 2.53 bits per heavy atom. The SMILES string of the molecule is O=C(CSc1nc2ccccc2n1Cc1ccccc1)NN=Cc1ccccc1C(=O)[O-]. The molecule has 0 saturated heterocycles. The van der Waals surface area contributed by atoms with E-state index in [2.05, 4.69) is 32.2 Å². The van der Waals surface area contributed by atoms with Gasteiger partial charge in [0.05, 0.1) is 35.5 Å². The fourth-order valence-electron chi connectivity index (χ4n) is 3.21. The minimum absolute atomic E-state index is 0.00880. The molecule has 32 heavy (non-hydrogen) atoms. The molecule has 0 aliphatic rings. The van der Waals surface area contributed by atoms with E-state index in [1.807, 2.05) is 42.5 Å². The van der Waals surface area contributed by atoms with Gasteiger partial charge >= 0.3 is 0 Å². The minimum atomic E-state index is -1.30. The molecule has 8 heteroatoms. The third-order valence-electron chi connectivity index (χ3n) is 4.71. The van der Waals surface area contributed by atoms with E-state index in [9.17, 15) is 14.7 Å². The lowest BCUT2D eigenvalue weighted by Gasteiger charge is -2.09. The quantitative estimate of drug-likeness (QED) is 0.256. The van der Waals surface area contributed by atoms with E-state index >= 15 is 0 Å². The Labute approximate surface area is 188 Å². The summed E-state index contributed by atoms with van der Waals surface area (Å²) in [4.78, 5) is 28.1. The van der Waals surface area contributed by atoms with Gasteiger partial charge in [-0.25, -0.2) is 10.4 Å². The van der Waals surface area contributed by atoms with Crippen LogP contribution in [0.3, 0.4) is 0 Å². The highest BCUT2D eigenvalue weighted by molar-refractivity contribution is 7.99. The number of nitrogens with one attached hydrogen (secondary N) is 1. The number of carboxylic acids is 1. The molecule has 4 rings (SSSR count). The summed E-state index contributed by atoms with van der Waals surface area (Å²) in [5.74, 6) is -1.51. The van der Waals surface area contributed by atoms with E-state index in [0.29, 0.717) is 12.1 Å². The second-order valence-corrected chi connectivity index (χ2v) is 7.85. The number of hydrogen-bond donors (Lipinski definition) is 1. The van der Waals surface area contributed by atoms with Gasteiger partial charge in [-0.3, -0.25) is 4.79 Å². The monoisotopic (exact) mass is 443 g/mol. The van der Waals surface area contributed by atoms with Gasteiger partial charge in [0.1, 0.15) is 0 Å². The number of fused-ring (bicyclic) bond motifs is 1. The van der Waals surface area contributed by atoms with Gasteiger partial charge in [-0.15, -0.1) is 0 Å². The molecule has 0 fully saturated rings. The van der Waals surface area contributed by atoms with Crippen molar-refractivity contribution >= 4 is 40.9 Å². The molecular formula is C24H19N4O3S-. The zero-order valence-electron chi connectivity index (χ0n) is 17.0. The minimum Gasteiger partial charge on any atom is -0.545 e. The molecule has 1 amide bonds. The molecule has 0 bridgehead atoms. The summed E-state index contributed by atoms with van der Waals surface area (Å²) in [6.45, 7) is 0.642. The van der Waals surface area contributed by atoms with Crippen LogP contribution in [0.15, 0.2) is 89.1 Å². The van der Waals surface area contributed by atoms with E-state index in [1.165, 1.54) is 24.0 Å². The van der Waals surface area contributed by atoms with Gasteiger partial charge in [0.2, 0.25) is 0 Å². The van der Waals surface area contributed by atoms with Crippen LogP contribution in [0.1, 0.15) is 21.5 Å². The third kappa shape index (κ3) is 5.04. The average Bonchev–Trinajstić information content (AvgIpc) is 3.16. The molecule has 1 aromatic heterocycles. The number of rotatable bonds is 8. The lowest BCUT2D eigenvalue weighted by atomic mass is 10.1. The first-order valence-corrected chi connectivity index (χ1v) is 10.8. The molecule has 3 aromatic carbocycles. The summed E-state index contributed by atoms with van der Waals surface area (Å²) < 4.78 is 2.09. The molecule has 0 unspecified atom stereocenters. The van der Waals surface area contributed by atoms with Crippen molar-refractivity contribution in [1.29, 1.82) is 0 Å². The molecular weight excluding hydrogens is 424 g/mol. The van der Waals surface area contributed by atoms with E-state index in [1.54, 1.807) is 18.2 Å². The highest BCUT2D eigenvalue weighted by Crippen LogP contribution is 2.25. The average molecular weight is 444 g/mol. The summed E-state index contributed by atoms with van der Waals surface area (Å²) in [5, 5.41) is 15.7. The zero-order chi connectivity index (χ0) is 22.3. The van der Waals surface area contributed by atoms with Crippen molar-refractivity contribution in [1.82, 2.24) is 15.0 Å². The van der Waals surface area contributed by atoms with Crippen LogP contribution in [0.4, 0.5) is 0 Å². The van der Waals surface area contributed by atoms with Crippen molar-refractivity contribution in [3.8, 4) is 0 Å². The van der Waals surface area contributed by atoms with Crippen LogP contribution in [-0.2, 0) is 11.3 Å². The number of imidazole rings is 1. The smallest absolute Gasteiger partial charge is 0.250 e. The molecule has 1 N–H and O–H groups in total. The Balaban J connectivity index is 1.44. The fourth-order valence-corrected chi connectivity index (χ4v) is 4.02. The van der Waals surface area contributed by atoms with Crippen molar-refractivity contribution in [2.45, 2.75) is 11.7 Å². The van der Waals surface area contributed by atoms with E-state index < -0.39 is 5.97 Å². The van der Waals surface area contributed by atoms with Crippen LogP contribution in [-0.4, -0.2) is 33.4 Å². The summed E-state index contributed by atoms with van der Waals surface area (Å²) in [5.41, 5.74) is 5.79. The number of nitrogens with zero attached hydrogens (tertiary/aromatic N) is 3. The van der Waals surface area contributed by atoms with Gasteiger partial charge < -0.3 is 14.5 Å². The van der Waals surface area contributed by atoms with Gasteiger partial charge in [0.15, 0.2) is 5.16 Å². The first-order valence-electron chi connectivity index (χ1n) is 9.86. The Morgan fingerprint density at radius 1 is 1.00 bits per heavy atom. The van der Waals surface area contributed by atoms with E-state index in [0.717, 1.165) is 21.8 Å². The van der Waals surface area contributed by atoms with Crippen molar-refractivity contribution in [2.75, 3.05) is 5.75 Å². The summed E-state index contributed by atoms with van der Waals surface area (Å²) >= 11 is 1.32. The predicted molar refractivity (Wildman–Crippen MR) is 123 cm³/mol. The van der Waals surface area contributed by atoms with Crippen molar-refractivity contribution < 1.29 is 14.7 Å². The topological polar surface area (TPSA) is 99.4 Å². The molecule has 0 aliphatic heterocycles. The van der Waals surface area contributed by atoms with Crippen molar-refractivity contribution in [2.24, 2.45) is 5.10 Å². The largest absolute Gasteiger partial charge is 0.545 e. The second kappa shape index (κ2) is 9.93. The summed E-state index contributed by atoms with van der Waals surface area (Å²) in [6.07, 6.45) is 1.29. The number of carboxylic acid groups (broad SMARTS) is 1. The molecule has 4 aromatic rings. The Morgan fingerprint density at radius 2 is 1.72 bits per heavy atom. The van der Waals surface area contributed by atoms with Crippen molar-refractivity contribution in [3.63, 3.8) is 0 Å². The Bertz CT molecular complexity index is 1280.